The molecule has 0 saturated heterocycles. The second-order valence-electron chi connectivity index (χ2n) is 3.80. The lowest BCUT2D eigenvalue weighted by atomic mass is 10.2. The molecule has 0 spiro atoms. The topological polar surface area (TPSA) is 55.1 Å². The largest absolute Gasteiger partial charge is 0.444 e. The van der Waals surface area contributed by atoms with Crippen LogP contribution < -0.4 is 5.32 Å². The zero-order valence-electron chi connectivity index (χ0n) is 10.0. The van der Waals surface area contributed by atoms with Crippen molar-refractivity contribution in [3.8, 4) is 0 Å². The Morgan fingerprint density at radius 1 is 1.39 bits per heavy atom. The van der Waals surface area contributed by atoms with Crippen LogP contribution in [0, 0.1) is 0 Å². The Hall–Kier alpha value is -1.75. The summed E-state index contributed by atoms with van der Waals surface area (Å²) in [5, 5.41) is 2.75. The van der Waals surface area contributed by atoms with Gasteiger partial charge in [-0.1, -0.05) is 6.92 Å². The molecule has 0 aliphatic carbocycles. The lowest BCUT2D eigenvalue weighted by Gasteiger charge is -2.02. The van der Waals surface area contributed by atoms with Crippen LogP contribution in [0.15, 0.2) is 39.8 Å². The van der Waals surface area contributed by atoms with Gasteiger partial charge in [0, 0.05) is 16.9 Å². The molecule has 0 radical (unpaired) electrons. The summed E-state index contributed by atoms with van der Waals surface area (Å²) in [5.41, 5.74) is 0.593. The van der Waals surface area contributed by atoms with Gasteiger partial charge < -0.3 is 9.73 Å². The zero-order valence-corrected chi connectivity index (χ0v) is 10.9. The number of benzene rings is 1. The summed E-state index contributed by atoms with van der Waals surface area (Å²) in [7, 11) is 0. The number of carbonyl (C=O) groups excluding carboxylic acids is 1. The molecule has 5 heteroatoms. The molecule has 18 heavy (non-hydrogen) atoms. The monoisotopic (exact) mass is 262 g/mol. The van der Waals surface area contributed by atoms with Crippen molar-refractivity contribution in [3.63, 3.8) is 0 Å². The summed E-state index contributed by atoms with van der Waals surface area (Å²) in [6.07, 6.45) is 2.47. The van der Waals surface area contributed by atoms with Crippen molar-refractivity contribution in [2.24, 2.45) is 0 Å². The molecular weight excluding hydrogens is 248 g/mol. The Bertz CT molecular complexity index is 534. The van der Waals surface area contributed by atoms with E-state index in [4.69, 9.17) is 4.42 Å². The first-order valence-electron chi connectivity index (χ1n) is 5.70. The van der Waals surface area contributed by atoms with Crippen molar-refractivity contribution in [2.75, 3.05) is 0 Å². The van der Waals surface area contributed by atoms with E-state index in [2.05, 4.69) is 22.9 Å². The standard InChI is InChI=1S/C13H14N2O2S/c1-2-10-7-14-12(17-10)8-15-13(16)9-3-5-11(18)6-4-9/h3-7,18H,2,8H2,1H3,(H,15,16). The molecule has 4 nitrogen and oxygen atoms in total. The summed E-state index contributed by atoms with van der Waals surface area (Å²) in [5.74, 6) is 1.18. The van der Waals surface area contributed by atoms with E-state index < -0.39 is 0 Å². The summed E-state index contributed by atoms with van der Waals surface area (Å²) in [6.45, 7) is 2.28. The lowest BCUT2D eigenvalue weighted by molar-refractivity contribution is 0.0947. The van der Waals surface area contributed by atoms with Crippen LogP contribution in [0.4, 0.5) is 0 Å². The molecule has 0 fully saturated rings. The maximum Gasteiger partial charge on any atom is 0.251 e. The highest BCUT2D eigenvalue weighted by Crippen LogP contribution is 2.08. The fraction of sp³-hybridized carbons (Fsp3) is 0.231. The van der Waals surface area contributed by atoms with E-state index in [-0.39, 0.29) is 5.91 Å². The Kier molecular flexibility index (Phi) is 4.04. The minimum atomic E-state index is -0.153. The van der Waals surface area contributed by atoms with Crippen LogP contribution in [0.25, 0.3) is 0 Å². The number of hydrogen-bond acceptors (Lipinski definition) is 4. The highest BCUT2D eigenvalue weighted by atomic mass is 32.1. The molecule has 1 heterocycles. The van der Waals surface area contributed by atoms with E-state index in [9.17, 15) is 4.79 Å². The number of oxazole rings is 1. The van der Waals surface area contributed by atoms with Crippen LogP contribution in [0.3, 0.4) is 0 Å². The van der Waals surface area contributed by atoms with Gasteiger partial charge in [-0.3, -0.25) is 4.79 Å². The van der Waals surface area contributed by atoms with E-state index in [1.54, 1.807) is 30.5 Å². The fourth-order valence-corrected chi connectivity index (χ4v) is 1.61. The van der Waals surface area contributed by atoms with Gasteiger partial charge in [-0.25, -0.2) is 4.98 Å². The molecule has 1 aromatic heterocycles. The third-order valence-electron chi connectivity index (χ3n) is 2.48. The van der Waals surface area contributed by atoms with E-state index in [1.807, 2.05) is 6.92 Å². The van der Waals surface area contributed by atoms with Crippen LogP contribution in [0.5, 0.6) is 0 Å². The van der Waals surface area contributed by atoms with Gasteiger partial charge in [-0.15, -0.1) is 12.6 Å². The molecule has 0 aliphatic heterocycles. The Morgan fingerprint density at radius 2 is 2.11 bits per heavy atom. The highest BCUT2D eigenvalue weighted by Gasteiger charge is 2.07. The average Bonchev–Trinajstić information content (AvgIpc) is 2.85. The molecule has 0 bridgehead atoms. The number of amides is 1. The minimum Gasteiger partial charge on any atom is -0.444 e. The van der Waals surface area contributed by atoms with Gasteiger partial charge >= 0.3 is 0 Å². The third-order valence-corrected chi connectivity index (χ3v) is 2.78. The maximum absolute atomic E-state index is 11.8. The zero-order chi connectivity index (χ0) is 13.0. The van der Waals surface area contributed by atoms with Gasteiger partial charge in [0.15, 0.2) is 0 Å². The van der Waals surface area contributed by atoms with Crippen molar-refractivity contribution in [2.45, 2.75) is 24.8 Å². The number of nitrogens with one attached hydrogen (secondary N) is 1. The number of nitrogens with zero attached hydrogens (tertiary/aromatic N) is 1. The van der Waals surface area contributed by atoms with Crippen LogP contribution >= 0.6 is 12.6 Å². The van der Waals surface area contributed by atoms with E-state index in [1.165, 1.54) is 0 Å². The number of rotatable bonds is 4. The van der Waals surface area contributed by atoms with Gasteiger partial charge in [0.1, 0.15) is 5.76 Å². The summed E-state index contributed by atoms with van der Waals surface area (Å²) in [6, 6.07) is 7.01. The number of aryl methyl sites for hydroxylation is 1. The normalized spacial score (nSPS) is 10.3. The molecule has 1 amide bonds. The SMILES string of the molecule is CCc1cnc(CNC(=O)c2ccc(S)cc2)o1. The molecular formula is C13H14N2O2S. The first kappa shape index (κ1) is 12.7. The molecule has 94 valence electrons. The average molecular weight is 262 g/mol. The first-order valence-corrected chi connectivity index (χ1v) is 6.14. The minimum absolute atomic E-state index is 0.153. The quantitative estimate of drug-likeness (QED) is 0.832. The molecule has 1 aromatic carbocycles. The van der Waals surface area contributed by atoms with Crippen LogP contribution in [-0.4, -0.2) is 10.9 Å². The van der Waals surface area contributed by atoms with E-state index >= 15 is 0 Å². The van der Waals surface area contributed by atoms with Gasteiger partial charge in [-0.05, 0) is 24.3 Å². The van der Waals surface area contributed by atoms with Gasteiger partial charge in [0.2, 0.25) is 5.89 Å². The Morgan fingerprint density at radius 3 is 2.72 bits per heavy atom. The number of hydrogen-bond donors (Lipinski definition) is 2. The van der Waals surface area contributed by atoms with Crippen molar-refractivity contribution < 1.29 is 9.21 Å². The summed E-state index contributed by atoms with van der Waals surface area (Å²) >= 11 is 4.17. The lowest BCUT2D eigenvalue weighted by Crippen LogP contribution is -2.22. The first-order chi connectivity index (χ1) is 8.69. The maximum atomic E-state index is 11.8. The number of carbonyl (C=O) groups is 1. The van der Waals surface area contributed by atoms with Gasteiger partial charge in [0.25, 0.3) is 5.91 Å². The second kappa shape index (κ2) is 5.73. The van der Waals surface area contributed by atoms with Crippen LogP contribution in [0.1, 0.15) is 28.9 Å². The van der Waals surface area contributed by atoms with Crippen molar-refractivity contribution in [1.82, 2.24) is 10.3 Å². The van der Waals surface area contributed by atoms with Crippen LogP contribution in [-0.2, 0) is 13.0 Å². The van der Waals surface area contributed by atoms with Crippen LogP contribution in [0.2, 0.25) is 0 Å². The number of aromatic nitrogens is 1. The molecule has 0 saturated carbocycles. The van der Waals surface area contributed by atoms with Crippen molar-refractivity contribution in [1.29, 1.82) is 0 Å². The van der Waals surface area contributed by atoms with Crippen molar-refractivity contribution in [3.05, 3.63) is 47.7 Å². The molecule has 2 aromatic rings. The van der Waals surface area contributed by atoms with Gasteiger partial charge in [-0.2, -0.15) is 0 Å². The Labute approximate surface area is 111 Å². The fourth-order valence-electron chi connectivity index (χ4n) is 1.46. The van der Waals surface area contributed by atoms with Gasteiger partial charge in [0.05, 0.1) is 12.7 Å². The molecule has 0 aliphatic rings. The summed E-state index contributed by atoms with van der Waals surface area (Å²) < 4.78 is 5.40. The molecule has 1 N–H and O–H groups in total. The predicted octanol–water partition coefficient (Wildman–Crippen LogP) is 2.46. The molecule has 0 unspecified atom stereocenters. The summed E-state index contributed by atoms with van der Waals surface area (Å²) in [4.78, 5) is 16.7. The smallest absolute Gasteiger partial charge is 0.251 e. The highest BCUT2D eigenvalue weighted by molar-refractivity contribution is 7.80. The second-order valence-corrected chi connectivity index (χ2v) is 4.32. The van der Waals surface area contributed by atoms with Crippen molar-refractivity contribution >= 4 is 18.5 Å². The third kappa shape index (κ3) is 3.13. The van der Waals surface area contributed by atoms with E-state index in [0.717, 1.165) is 17.1 Å². The predicted molar refractivity (Wildman–Crippen MR) is 70.7 cm³/mol. The molecule has 2 rings (SSSR count). The Balaban J connectivity index is 1.93. The van der Waals surface area contributed by atoms with E-state index in [0.29, 0.717) is 18.0 Å². The molecule has 0 atom stereocenters. The number of thiol groups is 1.